The van der Waals surface area contributed by atoms with Crippen LogP contribution in [0.3, 0.4) is 0 Å². The third-order valence-electron chi connectivity index (χ3n) is 2.36. The van der Waals surface area contributed by atoms with Crippen molar-refractivity contribution in [1.82, 2.24) is 0 Å². The summed E-state index contributed by atoms with van der Waals surface area (Å²) in [5.74, 6) is -1.94. The van der Waals surface area contributed by atoms with Gasteiger partial charge in [0.1, 0.15) is 6.04 Å². The van der Waals surface area contributed by atoms with E-state index in [1.165, 1.54) is 18.2 Å². The second kappa shape index (κ2) is 4.34. The first kappa shape index (κ1) is 13.5. The Morgan fingerprint density at radius 2 is 1.71 bits per heavy atom. The van der Waals surface area contributed by atoms with Gasteiger partial charge in [0.2, 0.25) is 5.60 Å². The maximum absolute atomic E-state index is 12.8. The number of halogens is 3. The SMILES string of the molecule is N[C@H](C(=O)O)[C@@](O)(c1ccccc1)C(F)(F)F. The van der Waals surface area contributed by atoms with Crippen molar-refractivity contribution in [1.29, 1.82) is 0 Å². The maximum atomic E-state index is 12.8. The smallest absolute Gasteiger partial charge is 0.423 e. The molecule has 7 heteroatoms. The van der Waals surface area contributed by atoms with Gasteiger partial charge in [0, 0.05) is 0 Å². The summed E-state index contributed by atoms with van der Waals surface area (Å²) in [7, 11) is 0. The Labute approximate surface area is 94.5 Å². The average Bonchev–Trinajstić information content (AvgIpc) is 2.26. The van der Waals surface area contributed by atoms with Crippen molar-refractivity contribution in [2.45, 2.75) is 17.8 Å². The summed E-state index contributed by atoms with van der Waals surface area (Å²) in [4.78, 5) is 10.6. The predicted octanol–water partition coefficient (Wildman–Crippen LogP) is 0.848. The van der Waals surface area contributed by atoms with Gasteiger partial charge in [-0.2, -0.15) is 13.2 Å². The van der Waals surface area contributed by atoms with Gasteiger partial charge < -0.3 is 15.9 Å². The van der Waals surface area contributed by atoms with E-state index < -0.39 is 29.4 Å². The number of aliphatic carboxylic acids is 1. The highest BCUT2D eigenvalue weighted by Crippen LogP contribution is 2.40. The second-order valence-electron chi connectivity index (χ2n) is 3.45. The first-order valence-corrected chi connectivity index (χ1v) is 4.54. The van der Waals surface area contributed by atoms with Crippen molar-refractivity contribution in [3.05, 3.63) is 35.9 Å². The molecule has 0 aliphatic heterocycles. The van der Waals surface area contributed by atoms with E-state index in [2.05, 4.69) is 0 Å². The molecule has 0 heterocycles. The molecule has 4 nitrogen and oxygen atoms in total. The van der Waals surface area contributed by atoms with Crippen LogP contribution in [0.2, 0.25) is 0 Å². The van der Waals surface area contributed by atoms with Gasteiger partial charge in [-0.25, -0.2) is 0 Å². The molecule has 0 bridgehead atoms. The van der Waals surface area contributed by atoms with E-state index in [4.69, 9.17) is 10.8 Å². The fourth-order valence-electron chi connectivity index (χ4n) is 1.39. The molecule has 0 aliphatic rings. The number of hydrogen-bond acceptors (Lipinski definition) is 3. The molecule has 0 fully saturated rings. The monoisotopic (exact) mass is 249 g/mol. The number of carboxylic acids is 1. The minimum Gasteiger partial charge on any atom is -0.480 e. The summed E-state index contributed by atoms with van der Waals surface area (Å²) in [6, 6.07) is 3.38. The zero-order valence-electron chi connectivity index (χ0n) is 8.48. The maximum Gasteiger partial charge on any atom is 0.423 e. The van der Waals surface area contributed by atoms with Crippen molar-refractivity contribution in [2.24, 2.45) is 5.73 Å². The molecule has 0 spiro atoms. The molecule has 0 saturated heterocycles. The van der Waals surface area contributed by atoms with Gasteiger partial charge in [-0.3, -0.25) is 4.79 Å². The predicted molar refractivity (Wildman–Crippen MR) is 52.0 cm³/mol. The van der Waals surface area contributed by atoms with Crippen LogP contribution in [0.4, 0.5) is 13.2 Å². The van der Waals surface area contributed by atoms with Crippen LogP contribution in [0.25, 0.3) is 0 Å². The van der Waals surface area contributed by atoms with Crippen LogP contribution in [0, 0.1) is 0 Å². The molecule has 4 N–H and O–H groups in total. The highest BCUT2D eigenvalue weighted by Gasteiger charge is 2.61. The minimum absolute atomic E-state index is 0.609. The molecule has 1 rings (SSSR count). The Morgan fingerprint density at radius 3 is 2.06 bits per heavy atom. The van der Waals surface area contributed by atoms with E-state index in [0.29, 0.717) is 0 Å². The standard InChI is InChI=1S/C10H10F3NO3/c11-10(12,13)9(17,7(14)8(15)16)6-4-2-1-3-5-6/h1-5,7,17H,14H2,(H,15,16)/t7-,9+/m1/s1. The molecule has 17 heavy (non-hydrogen) atoms. The molecule has 2 atom stereocenters. The lowest BCUT2D eigenvalue weighted by atomic mass is 9.86. The summed E-state index contributed by atoms with van der Waals surface area (Å²) >= 11 is 0. The number of alkyl halides is 3. The first-order valence-electron chi connectivity index (χ1n) is 4.54. The van der Waals surface area contributed by atoms with Crippen LogP contribution in [-0.4, -0.2) is 28.4 Å². The minimum atomic E-state index is -5.19. The molecular weight excluding hydrogens is 239 g/mol. The summed E-state index contributed by atoms with van der Waals surface area (Å²) < 4.78 is 38.4. The van der Waals surface area contributed by atoms with Crippen LogP contribution >= 0.6 is 0 Å². The van der Waals surface area contributed by atoms with Gasteiger partial charge >= 0.3 is 12.1 Å². The Morgan fingerprint density at radius 1 is 1.24 bits per heavy atom. The lowest BCUT2D eigenvalue weighted by Crippen LogP contribution is -2.59. The van der Waals surface area contributed by atoms with Gasteiger partial charge in [0.05, 0.1) is 0 Å². The molecule has 0 radical (unpaired) electrons. The molecule has 1 aromatic rings. The topological polar surface area (TPSA) is 83.6 Å². The van der Waals surface area contributed by atoms with E-state index in [-0.39, 0.29) is 0 Å². The third kappa shape index (κ3) is 2.25. The van der Waals surface area contributed by atoms with Crippen LogP contribution in [0.5, 0.6) is 0 Å². The van der Waals surface area contributed by atoms with Crippen molar-refractivity contribution in [2.75, 3.05) is 0 Å². The molecule has 0 saturated carbocycles. The van der Waals surface area contributed by atoms with Gasteiger partial charge in [-0.05, 0) is 5.56 Å². The van der Waals surface area contributed by atoms with Crippen molar-refractivity contribution >= 4 is 5.97 Å². The van der Waals surface area contributed by atoms with E-state index in [9.17, 15) is 23.1 Å². The summed E-state index contributed by atoms with van der Waals surface area (Å²) in [5.41, 5.74) is 0.724. The van der Waals surface area contributed by atoms with Gasteiger partial charge in [0.15, 0.2) is 0 Å². The zero-order valence-corrected chi connectivity index (χ0v) is 8.48. The summed E-state index contributed by atoms with van der Waals surface area (Å²) in [6.07, 6.45) is -5.19. The van der Waals surface area contributed by atoms with Crippen molar-refractivity contribution in [3.63, 3.8) is 0 Å². The fourth-order valence-corrected chi connectivity index (χ4v) is 1.39. The normalized spacial score (nSPS) is 17.2. The first-order chi connectivity index (χ1) is 7.71. The molecular formula is C10H10F3NO3. The molecule has 1 aromatic carbocycles. The number of carbonyl (C=O) groups is 1. The lowest BCUT2D eigenvalue weighted by Gasteiger charge is -2.33. The van der Waals surface area contributed by atoms with Crippen LogP contribution in [0.15, 0.2) is 30.3 Å². The van der Waals surface area contributed by atoms with Gasteiger partial charge in [0.25, 0.3) is 0 Å². The molecule has 0 aromatic heterocycles. The summed E-state index contributed by atoms with van der Waals surface area (Å²) in [6.45, 7) is 0. The number of benzene rings is 1. The van der Waals surface area contributed by atoms with E-state index in [0.717, 1.165) is 12.1 Å². The van der Waals surface area contributed by atoms with E-state index >= 15 is 0 Å². The molecule has 0 aliphatic carbocycles. The molecule has 0 amide bonds. The lowest BCUT2D eigenvalue weighted by molar-refractivity contribution is -0.274. The van der Waals surface area contributed by atoms with Crippen molar-refractivity contribution in [3.8, 4) is 0 Å². The Balaban J connectivity index is 3.36. The molecule has 0 unspecified atom stereocenters. The van der Waals surface area contributed by atoms with Crippen LogP contribution < -0.4 is 5.73 Å². The number of aliphatic hydroxyl groups is 1. The molecule has 94 valence electrons. The zero-order chi connectivity index (χ0) is 13.3. The number of nitrogens with two attached hydrogens (primary N) is 1. The van der Waals surface area contributed by atoms with Crippen molar-refractivity contribution < 1.29 is 28.2 Å². The highest BCUT2D eigenvalue weighted by molar-refractivity contribution is 5.75. The Bertz CT molecular complexity index is 407. The quantitative estimate of drug-likeness (QED) is 0.741. The van der Waals surface area contributed by atoms with Crippen LogP contribution in [0.1, 0.15) is 5.56 Å². The average molecular weight is 249 g/mol. The second-order valence-corrected chi connectivity index (χ2v) is 3.45. The van der Waals surface area contributed by atoms with Gasteiger partial charge in [-0.1, -0.05) is 30.3 Å². The summed E-state index contributed by atoms with van der Waals surface area (Å²) in [5, 5.41) is 18.2. The largest absolute Gasteiger partial charge is 0.480 e. The Kier molecular flexibility index (Phi) is 3.44. The number of rotatable bonds is 3. The van der Waals surface area contributed by atoms with Gasteiger partial charge in [-0.15, -0.1) is 0 Å². The van der Waals surface area contributed by atoms with E-state index in [1.54, 1.807) is 0 Å². The highest BCUT2D eigenvalue weighted by atomic mass is 19.4. The fraction of sp³-hybridized carbons (Fsp3) is 0.300. The number of hydrogen-bond donors (Lipinski definition) is 3. The third-order valence-corrected chi connectivity index (χ3v) is 2.36. The van der Waals surface area contributed by atoms with Crippen LogP contribution in [-0.2, 0) is 10.4 Å². The number of carboxylic acid groups (broad SMARTS) is 1. The Hall–Kier alpha value is -1.60. The van der Waals surface area contributed by atoms with E-state index in [1.807, 2.05) is 0 Å².